The Kier molecular flexibility index (Phi) is 4.20. The van der Waals surface area contributed by atoms with Gasteiger partial charge in [-0.3, -0.25) is 0 Å². The van der Waals surface area contributed by atoms with Gasteiger partial charge in [0.2, 0.25) is 0 Å². The molecule has 25 heavy (non-hydrogen) atoms. The van der Waals surface area contributed by atoms with Gasteiger partial charge in [-0.05, 0) is 26.8 Å². The topological polar surface area (TPSA) is 57.7 Å². The average molecular weight is 358 g/mol. The van der Waals surface area contributed by atoms with Crippen molar-refractivity contribution in [2.24, 2.45) is 0 Å². The molecule has 9 heteroatoms. The molecule has 1 N–H and O–H groups in total. The molecule has 1 aromatic rings. The minimum Gasteiger partial charge on any atom is -0.444 e. The van der Waals surface area contributed by atoms with E-state index in [4.69, 9.17) is 4.74 Å². The Morgan fingerprint density at radius 1 is 1.32 bits per heavy atom. The maximum absolute atomic E-state index is 12.8. The monoisotopic (exact) mass is 358 g/mol. The summed E-state index contributed by atoms with van der Waals surface area (Å²) < 4.78 is 43.9. The van der Waals surface area contributed by atoms with Crippen LogP contribution in [0.4, 0.5) is 29.5 Å². The number of ether oxygens (including phenoxy) is 1. The molecule has 0 saturated carbocycles. The number of pyridine rings is 1. The third kappa shape index (κ3) is 3.74. The van der Waals surface area contributed by atoms with E-state index < -0.39 is 17.3 Å². The van der Waals surface area contributed by atoms with Gasteiger partial charge in [0, 0.05) is 32.4 Å². The van der Waals surface area contributed by atoms with Crippen LogP contribution < -0.4 is 10.2 Å². The van der Waals surface area contributed by atoms with Gasteiger partial charge in [0.05, 0.1) is 17.3 Å². The zero-order chi connectivity index (χ0) is 18.4. The number of aromatic nitrogens is 1. The molecular formula is C16H21F3N4O2. The quantitative estimate of drug-likeness (QED) is 0.773. The number of piperazine rings is 1. The van der Waals surface area contributed by atoms with Crippen LogP contribution in [0.15, 0.2) is 12.3 Å². The average Bonchev–Trinajstić information content (AvgIpc) is 2.51. The first-order valence-electron chi connectivity index (χ1n) is 8.10. The van der Waals surface area contributed by atoms with Gasteiger partial charge in [0.15, 0.2) is 5.82 Å². The first kappa shape index (κ1) is 17.6. The molecule has 1 saturated heterocycles. The molecule has 1 aromatic heterocycles. The summed E-state index contributed by atoms with van der Waals surface area (Å²) in [6, 6.07) is 1.02. The molecule has 2 aliphatic heterocycles. The predicted molar refractivity (Wildman–Crippen MR) is 86.7 cm³/mol. The molecule has 1 atom stereocenters. The Bertz CT molecular complexity index is 672. The van der Waals surface area contributed by atoms with Crippen LogP contribution in [-0.2, 0) is 10.9 Å². The Labute approximate surface area is 143 Å². The van der Waals surface area contributed by atoms with Gasteiger partial charge in [-0.15, -0.1) is 0 Å². The summed E-state index contributed by atoms with van der Waals surface area (Å²) in [5, 5.41) is 3.00. The van der Waals surface area contributed by atoms with E-state index in [0.29, 0.717) is 37.7 Å². The van der Waals surface area contributed by atoms with Gasteiger partial charge in [0.1, 0.15) is 5.60 Å². The van der Waals surface area contributed by atoms with Gasteiger partial charge in [-0.1, -0.05) is 0 Å². The van der Waals surface area contributed by atoms with Crippen molar-refractivity contribution < 1.29 is 22.7 Å². The van der Waals surface area contributed by atoms with Crippen LogP contribution in [0.25, 0.3) is 0 Å². The minimum absolute atomic E-state index is 0.0574. The van der Waals surface area contributed by atoms with Gasteiger partial charge in [-0.25, -0.2) is 9.78 Å². The number of nitrogens with one attached hydrogen (secondary N) is 1. The fourth-order valence-corrected chi connectivity index (χ4v) is 3.00. The van der Waals surface area contributed by atoms with E-state index in [2.05, 4.69) is 10.3 Å². The smallest absolute Gasteiger partial charge is 0.417 e. The van der Waals surface area contributed by atoms with Crippen LogP contribution in [0.3, 0.4) is 0 Å². The molecule has 138 valence electrons. The van der Waals surface area contributed by atoms with E-state index in [1.165, 1.54) is 0 Å². The standard InChI is InChI=1S/C16H21F3N4O2/c1-15(2,3)25-14(24)22-4-5-23-11(9-22)8-20-12-6-10(16(17,18)19)7-21-13(12)23/h6-7,11,20H,4-5,8-9H2,1-3H3. The van der Waals surface area contributed by atoms with Crippen molar-refractivity contribution in [1.82, 2.24) is 9.88 Å². The third-order valence-corrected chi connectivity index (χ3v) is 4.13. The summed E-state index contributed by atoms with van der Waals surface area (Å²) >= 11 is 0. The van der Waals surface area contributed by atoms with Gasteiger partial charge < -0.3 is 19.9 Å². The number of halogens is 3. The number of rotatable bonds is 0. The summed E-state index contributed by atoms with van der Waals surface area (Å²) in [6.45, 7) is 7.23. The Balaban J connectivity index is 1.74. The largest absolute Gasteiger partial charge is 0.444 e. The first-order valence-corrected chi connectivity index (χ1v) is 8.10. The van der Waals surface area contributed by atoms with E-state index in [0.717, 1.165) is 12.3 Å². The maximum atomic E-state index is 12.8. The van der Waals surface area contributed by atoms with Crippen molar-refractivity contribution in [3.63, 3.8) is 0 Å². The molecular weight excluding hydrogens is 337 g/mol. The third-order valence-electron chi connectivity index (χ3n) is 4.13. The predicted octanol–water partition coefficient (Wildman–Crippen LogP) is 2.95. The van der Waals surface area contributed by atoms with Crippen molar-refractivity contribution in [1.29, 1.82) is 0 Å². The van der Waals surface area contributed by atoms with E-state index in [1.807, 2.05) is 25.7 Å². The van der Waals surface area contributed by atoms with Crippen LogP contribution in [0.2, 0.25) is 0 Å². The van der Waals surface area contributed by atoms with E-state index >= 15 is 0 Å². The lowest BCUT2D eigenvalue weighted by atomic mass is 10.1. The molecule has 0 aromatic carbocycles. The van der Waals surface area contributed by atoms with Crippen molar-refractivity contribution in [3.8, 4) is 0 Å². The Morgan fingerprint density at radius 2 is 2.04 bits per heavy atom. The number of alkyl halides is 3. The highest BCUT2D eigenvalue weighted by Gasteiger charge is 2.38. The normalized spacial score (nSPS) is 20.5. The molecule has 0 bridgehead atoms. The number of hydrogen-bond donors (Lipinski definition) is 1. The molecule has 1 amide bonds. The maximum Gasteiger partial charge on any atom is 0.417 e. The Morgan fingerprint density at radius 3 is 2.68 bits per heavy atom. The summed E-state index contributed by atoms with van der Waals surface area (Å²) in [6.07, 6.45) is -3.95. The SMILES string of the molecule is CC(C)(C)OC(=O)N1CCN2c3ncc(C(F)(F)F)cc3NCC2C1. The highest BCUT2D eigenvalue weighted by molar-refractivity contribution is 5.72. The number of fused-ring (bicyclic) bond motifs is 3. The van der Waals surface area contributed by atoms with Crippen molar-refractivity contribution >= 4 is 17.6 Å². The summed E-state index contributed by atoms with van der Waals surface area (Å²) in [5.41, 5.74) is -0.970. The fourth-order valence-electron chi connectivity index (χ4n) is 3.00. The molecule has 2 aliphatic rings. The first-order chi connectivity index (χ1) is 11.5. The second-order valence-electron chi connectivity index (χ2n) is 7.25. The van der Waals surface area contributed by atoms with Crippen LogP contribution in [0.5, 0.6) is 0 Å². The van der Waals surface area contributed by atoms with Crippen molar-refractivity contribution in [3.05, 3.63) is 17.8 Å². The Hall–Kier alpha value is -2.19. The molecule has 3 rings (SSSR count). The number of hydrogen-bond acceptors (Lipinski definition) is 5. The van der Waals surface area contributed by atoms with Gasteiger partial charge in [-0.2, -0.15) is 13.2 Å². The molecule has 0 spiro atoms. The number of anilines is 2. The van der Waals surface area contributed by atoms with E-state index in [1.54, 1.807) is 4.90 Å². The fraction of sp³-hybridized carbons (Fsp3) is 0.625. The summed E-state index contributed by atoms with van der Waals surface area (Å²) in [7, 11) is 0. The highest BCUT2D eigenvalue weighted by Crippen LogP contribution is 2.36. The number of carbonyl (C=O) groups is 1. The minimum atomic E-state index is -4.42. The molecule has 0 aliphatic carbocycles. The second kappa shape index (κ2) is 5.96. The van der Waals surface area contributed by atoms with Crippen molar-refractivity contribution in [2.75, 3.05) is 36.4 Å². The number of carbonyl (C=O) groups excluding carboxylic acids is 1. The van der Waals surface area contributed by atoms with E-state index in [9.17, 15) is 18.0 Å². The van der Waals surface area contributed by atoms with Gasteiger partial charge in [0.25, 0.3) is 0 Å². The molecule has 0 radical (unpaired) electrons. The number of nitrogens with zero attached hydrogens (tertiary/aromatic N) is 3. The number of amides is 1. The van der Waals surface area contributed by atoms with Crippen LogP contribution in [-0.4, -0.2) is 53.8 Å². The van der Waals surface area contributed by atoms with Crippen molar-refractivity contribution in [2.45, 2.75) is 38.6 Å². The van der Waals surface area contributed by atoms with E-state index in [-0.39, 0.29) is 12.1 Å². The lowest BCUT2D eigenvalue weighted by Gasteiger charge is -2.45. The summed E-state index contributed by atoms with van der Waals surface area (Å²) in [4.78, 5) is 19.8. The van der Waals surface area contributed by atoms with Crippen LogP contribution >= 0.6 is 0 Å². The molecule has 1 unspecified atom stereocenters. The van der Waals surface area contributed by atoms with Crippen LogP contribution in [0.1, 0.15) is 26.3 Å². The zero-order valence-corrected chi connectivity index (χ0v) is 14.4. The molecule has 3 heterocycles. The summed E-state index contributed by atoms with van der Waals surface area (Å²) in [5.74, 6) is 0.494. The molecule has 1 fully saturated rings. The lowest BCUT2D eigenvalue weighted by molar-refractivity contribution is -0.137. The lowest BCUT2D eigenvalue weighted by Crippen LogP contribution is -2.59. The zero-order valence-electron chi connectivity index (χ0n) is 14.4. The second-order valence-corrected chi connectivity index (χ2v) is 7.25. The van der Waals surface area contributed by atoms with Crippen LogP contribution in [0, 0.1) is 0 Å². The highest BCUT2D eigenvalue weighted by atomic mass is 19.4. The van der Waals surface area contributed by atoms with Gasteiger partial charge >= 0.3 is 12.3 Å². The molecule has 6 nitrogen and oxygen atoms in total.